The summed E-state index contributed by atoms with van der Waals surface area (Å²) in [7, 11) is 1.54. The molecule has 0 spiro atoms. The molecule has 3 rings (SSSR count). The Kier molecular flexibility index (Phi) is 4.34. The van der Waals surface area contributed by atoms with E-state index in [1.54, 1.807) is 0 Å². The molecule has 1 aromatic heterocycles. The standard InChI is InChI=1S/C17H17NO4S/c1-22-13-9-14(10-5-3-2-4-6-10)23-15(13)16(19)18-12-7-11(8-12)17(20)21/h2-6,9,11-12H,7-8H2,1H3,(H,18,19)(H,20,21). The second-order valence-electron chi connectivity index (χ2n) is 5.55. The lowest BCUT2D eigenvalue weighted by Gasteiger charge is -2.32. The number of hydrogen-bond acceptors (Lipinski definition) is 4. The Labute approximate surface area is 137 Å². The molecule has 120 valence electrons. The summed E-state index contributed by atoms with van der Waals surface area (Å²) >= 11 is 1.38. The molecular formula is C17H17NO4S. The molecule has 5 nitrogen and oxygen atoms in total. The summed E-state index contributed by atoms with van der Waals surface area (Å²) in [5.74, 6) is -0.802. The van der Waals surface area contributed by atoms with Crippen molar-refractivity contribution in [2.75, 3.05) is 7.11 Å². The van der Waals surface area contributed by atoms with Gasteiger partial charge in [-0.05, 0) is 24.5 Å². The van der Waals surface area contributed by atoms with Crippen molar-refractivity contribution in [3.8, 4) is 16.2 Å². The molecule has 6 heteroatoms. The molecule has 0 aliphatic heterocycles. The van der Waals surface area contributed by atoms with E-state index in [9.17, 15) is 9.59 Å². The third-order valence-electron chi connectivity index (χ3n) is 4.00. The molecule has 1 saturated carbocycles. The van der Waals surface area contributed by atoms with Gasteiger partial charge in [0.05, 0.1) is 13.0 Å². The van der Waals surface area contributed by atoms with Gasteiger partial charge in [-0.1, -0.05) is 30.3 Å². The maximum atomic E-state index is 12.4. The molecule has 2 aromatic rings. The van der Waals surface area contributed by atoms with Crippen molar-refractivity contribution < 1.29 is 19.4 Å². The Balaban J connectivity index is 1.73. The van der Waals surface area contributed by atoms with E-state index in [0.29, 0.717) is 23.5 Å². The highest BCUT2D eigenvalue weighted by molar-refractivity contribution is 7.17. The minimum absolute atomic E-state index is 0.0735. The SMILES string of the molecule is COc1cc(-c2ccccc2)sc1C(=O)NC1CC(C(=O)O)C1. The van der Waals surface area contributed by atoms with E-state index in [4.69, 9.17) is 9.84 Å². The summed E-state index contributed by atoms with van der Waals surface area (Å²) in [5, 5.41) is 11.8. The van der Waals surface area contributed by atoms with Crippen LogP contribution in [0, 0.1) is 5.92 Å². The van der Waals surface area contributed by atoms with Gasteiger partial charge in [0.2, 0.25) is 0 Å². The number of hydrogen-bond donors (Lipinski definition) is 2. The van der Waals surface area contributed by atoms with Crippen molar-refractivity contribution in [3.63, 3.8) is 0 Å². The molecule has 1 aliphatic rings. The molecule has 1 aliphatic carbocycles. The Morgan fingerprint density at radius 1 is 1.26 bits per heavy atom. The highest BCUT2D eigenvalue weighted by atomic mass is 32.1. The number of methoxy groups -OCH3 is 1. The van der Waals surface area contributed by atoms with Crippen LogP contribution in [0.5, 0.6) is 5.75 Å². The van der Waals surface area contributed by atoms with Gasteiger partial charge in [-0.3, -0.25) is 9.59 Å². The zero-order valence-electron chi connectivity index (χ0n) is 12.6. The number of aliphatic carboxylic acids is 1. The largest absolute Gasteiger partial charge is 0.495 e. The Morgan fingerprint density at radius 3 is 2.57 bits per heavy atom. The third kappa shape index (κ3) is 3.22. The van der Waals surface area contributed by atoms with Crippen LogP contribution in [0.25, 0.3) is 10.4 Å². The normalized spacial score (nSPS) is 19.7. The molecule has 0 atom stereocenters. The minimum Gasteiger partial charge on any atom is -0.495 e. The molecule has 23 heavy (non-hydrogen) atoms. The quantitative estimate of drug-likeness (QED) is 0.883. The molecule has 0 bridgehead atoms. The van der Waals surface area contributed by atoms with Crippen LogP contribution in [0.15, 0.2) is 36.4 Å². The Morgan fingerprint density at radius 2 is 1.96 bits per heavy atom. The summed E-state index contributed by atoms with van der Waals surface area (Å²) in [6, 6.07) is 11.6. The van der Waals surface area contributed by atoms with Crippen LogP contribution in [0.1, 0.15) is 22.5 Å². The van der Waals surface area contributed by atoms with Crippen molar-refractivity contribution in [1.29, 1.82) is 0 Å². The van der Waals surface area contributed by atoms with Gasteiger partial charge in [-0.2, -0.15) is 0 Å². The summed E-state index contributed by atoms with van der Waals surface area (Å²) in [4.78, 5) is 24.7. The van der Waals surface area contributed by atoms with E-state index in [1.807, 2.05) is 36.4 Å². The molecule has 1 fully saturated rings. The maximum Gasteiger partial charge on any atom is 0.306 e. The maximum absolute atomic E-state index is 12.4. The van der Waals surface area contributed by atoms with Crippen LogP contribution in [0.3, 0.4) is 0 Å². The van der Waals surface area contributed by atoms with Gasteiger partial charge in [0, 0.05) is 10.9 Å². The van der Waals surface area contributed by atoms with Gasteiger partial charge in [-0.25, -0.2) is 0 Å². The lowest BCUT2D eigenvalue weighted by molar-refractivity contribution is -0.145. The van der Waals surface area contributed by atoms with Crippen molar-refractivity contribution in [2.45, 2.75) is 18.9 Å². The first-order chi connectivity index (χ1) is 11.1. The predicted octanol–water partition coefficient (Wildman–Crippen LogP) is 3.02. The fourth-order valence-corrected chi connectivity index (χ4v) is 3.65. The summed E-state index contributed by atoms with van der Waals surface area (Å²) < 4.78 is 5.32. The summed E-state index contributed by atoms with van der Waals surface area (Å²) in [6.45, 7) is 0. The van der Waals surface area contributed by atoms with Gasteiger partial charge in [0.15, 0.2) is 0 Å². The monoisotopic (exact) mass is 331 g/mol. The van der Waals surface area contributed by atoms with Crippen LogP contribution in [0.4, 0.5) is 0 Å². The first kappa shape index (κ1) is 15.6. The first-order valence-corrected chi connectivity index (χ1v) is 8.17. The molecular weight excluding hydrogens is 314 g/mol. The molecule has 1 amide bonds. The molecule has 2 N–H and O–H groups in total. The van der Waals surface area contributed by atoms with E-state index in [2.05, 4.69) is 5.32 Å². The molecule has 1 heterocycles. The molecule has 0 unspecified atom stereocenters. The Bertz CT molecular complexity index is 719. The second-order valence-corrected chi connectivity index (χ2v) is 6.60. The molecule has 0 radical (unpaired) electrons. The highest BCUT2D eigenvalue weighted by Gasteiger charge is 2.36. The number of benzene rings is 1. The first-order valence-electron chi connectivity index (χ1n) is 7.35. The van der Waals surface area contributed by atoms with E-state index in [-0.39, 0.29) is 17.9 Å². The van der Waals surface area contributed by atoms with Crippen molar-refractivity contribution in [2.24, 2.45) is 5.92 Å². The number of thiophene rings is 1. The fraction of sp³-hybridized carbons (Fsp3) is 0.294. The summed E-state index contributed by atoms with van der Waals surface area (Å²) in [6.07, 6.45) is 0.973. The van der Waals surface area contributed by atoms with Gasteiger partial charge >= 0.3 is 5.97 Å². The topological polar surface area (TPSA) is 75.6 Å². The van der Waals surface area contributed by atoms with Crippen molar-refractivity contribution >= 4 is 23.2 Å². The lowest BCUT2D eigenvalue weighted by Crippen LogP contribution is -2.46. The Hall–Kier alpha value is -2.34. The smallest absolute Gasteiger partial charge is 0.306 e. The van der Waals surface area contributed by atoms with Crippen LogP contribution >= 0.6 is 11.3 Å². The van der Waals surface area contributed by atoms with Crippen molar-refractivity contribution in [3.05, 3.63) is 41.3 Å². The van der Waals surface area contributed by atoms with Gasteiger partial charge < -0.3 is 15.2 Å². The molecule has 1 aromatic carbocycles. The van der Waals surface area contributed by atoms with Crippen molar-refractivity contribution in [1.82, 2.24) is 5.32 Å². The van der Waals surface area contributed by atoms with Gasteiger partial charge in [-0.15, -0.1) is 11.3 Å². The van der Waals surface area contributed by atoms with Crippen LogP contribution in [-0.2, 0) is 4.79 Å². The summed E-state index contributed by atoms with van der Waals surface area (Å²) in [5.41, 5.74) is 1.03. The number of carboxylic acid groups (broad SMARTS) is 1. The van der Waals surface area contributed by atoms with E-state index >= 15 is 0 Å². The number of carboxylic acids is 1. The zero-order valence-corrected chi connectivity index (χ0v) is 13.4. The van der Waals surface area contributed by atoms with E-state index in [0.717, 1.165) is 10.4 Å². The van der Waals surface area contributed by atoms with Crippen LogP contribution < -0.4 is 10.1 Å². The number of ether oxygens (including phenoxy) is 1. The number of nitrogens with one attached hydrogen (secondary N) is 1. The third-order valence-corrected chi connectivity index (χ3v) is 5.17. The number of carbonyl (C=O) groups is 2. The lowest BCUT2D eigenvalue weighted by atomic mass is 9.80. The average Bonchev–Trinajstić information content (AvgIpc) is 2.95. The number of carbonyl (C=O) groups excluding carboxylic acids is 1. The zero-order chi connectivity index (χ0) is 16.4. The van der Waals surface area contributed by atoms with Crippen LogP contribution in [-0.4, -0.2) is 30.1 Å². The number of amides is 1. The minimum atomic E-state index is -0.796. The van der Waals surface area contributed by atoms with E-state index < -0.39 is 5.97 Å². The number of rotatable bonds is 5. The average molecular weight is 331 g/mol. The molecule has 0 saturated heterocycles. The van der Waals surface area contributed by atoms with Crippen LogP contribution in [0.2, 0.25) is 0 Å². The van der Waals surface area contributed by atoms with Gasteiger partial charge in [0.25, 0.3) is 5.91 Å². The second kappa shape index (κ2) is 6.42. The van der Waals surface area contributed by atoms with E-state index in [1.165, 1.54) is 18.4 Å². The highest BCUT2D eigenvalue weighted by Crippen LogP contribution is 2.36. The van der Waals surface area contributed by atoms with Gasteiger partial charge in [0.1, 0.15) is 10.6 Å². The predicted molar refractivity (Wildman–Crippen MR) is 87.9 cm³/mol. The fourth-order valence-electron chi connectivity index (χ4n) is 2.62.